The third kappa shape index (κ3) is 2.96. The number of non-ortho nitro benzene ring substituents is 1. The minimum absolute atomic E-state index is 0.0508. The van der Waals surface area contributed by atoms with Crippen LogP contribution >= 0.6 is 0 Å². The Morgan fingerprint density at radius 3 is 1.79 bits per heavy atom. The molecule has 0 amide bonds. The van der Waals surface area contributed by atoms with Crippen molar-refractivity contribution in [3.63, 3.8) is 0 Å². The number of aliphatic hydroxyl groups excluding tert-OH is 2. The highest BCUT2D eigenvalue weighted by Gasteiger charge is 2.20. The first kappa shape index (κ1) is 13.2. The molecule has 2 aromatic rings. The summed E-state index contributed by atoms with van der Waals surface area (Å²) in [6.07, 6.45) is -2.19. The van der Waals surface area contributed by atoms with Crippen LogP contribution in [0, 0.1) is 10.1 Å². The predicted molar refractivity (Wildman–Crippen MR) is 69.5 cm³/mol. The lowest BCUT2D eigenvalue weighted by molar-refractivity contribution is -0.384. The van der Waals surface area contributed by atoms with E-state index >= 15 is 0 Å². The lowest BCUT2D eigenvalue weighted by atomic mass is 9.98. The van der Waals surface area contributed by atoms with Crippen LogP contribution < -0.4 is 0 Å². The van der Waals surface area contributed by atoms with Crippen LogP contribution in [0.3, 0.4) is 0 Å². The van der Waals surface area contributed by atoms with Gasteiger partial charge in [-0.1, -0.05) is 30.3 Å². The van der Waals surface area contributed by atoms with Gasteiger partial charge in [-0.2, -0.15) is 0 Å². The zero-order chi connectivity index (χ0) is 13.8. The fourth-order valence-corrected chi connectivity index (χ4v) is 1.81. The highest BCUT2D eigenvalue weighted by Crippen LogP contribution is 2.29. The lowest BCUT2D eigenvalue weighted by Crippen LogP contribution is -2.10. The predicted octanol–water partition coefficient (Wildman–Crippen LogP) is 2.36. The van der Waals surface area contributed by atoms with Crippen molar-refractivity contribution >= 4 is 5.69 Å². The number of hydrogen-bond acceptors (Lipinski definition) is 4. The SMILES string of the molecule is O=[N+]([O-])c1ccc([C@@H](O)[C@H](O)c2ccccc2)cc1. The van der Waals surface area contributed by atoms with Crippen LogP contribution in [0.5, 0.6) is 0 Å². The van der Waals surface area contributed by atoms with Gasteiger partial charge in [0.25, 0.3) is 5.69 Å². The maximum absolute atomic E-state index is 10.5. The van der Waals surface area contributed by atoms with Crippen LogP contribution in [0.15, 0.2) is 54.6 Å². The van der Waals surface area contributed by atoms with E-state index in [0.717, 1.165) is 0 Å². The molecule has 98 valence electrons. The van der Waals surface area contributed by atoms with Crippen LogP contribution in [-0.2, 0) is 0 Å². The maximum atomic E-state index is 10.5. The van der Waals surface area contributed by atoms with E-state index < -0.39 is 17.1 Å². The second-order valence-corrected chi connectivity index (χ2v) is 4.15. The Morgan fingerprint density at radius 2 is 1.32 bits per heavy atom. The smallest absolute Gasteiger partial charge is 0.269 e. The van der Waals surface area contributed by atoms with Crippen LogP contribution in [-0.4, -0.2) is 15.1 Å². The number of nitro groups is 1. The fourth-order valence-electron chi connectivity index (χ4n) is 1.81. The molecular weight excluding hydrogens is 246 g/mol. The number of nitrogens with zero attached hydrogens (tertiary/aromatic N) is 1. The van der Waals surface area contributed by atoms with Gasteiger partial charge in [-0.15, -0.1) is 0 Å². The van der Waals surface area contributed by atoms with Gasteiger partial charge < -0.3 is 10.2 Å². The highest BCUT2D eigenvalue weighted by molar-refractivity contribution is 5.34. The van der Waals surface area contributed by atoms with E-state index in [1.54, 1.807) is 24.3 Å². The Morgan fingerprint density at radius 1 is 0.842 bits per heavy atom. The molecule has 0 bridgehead atoms. The summed E-state index contributed by atoms with van der Waals surface area (Å²) >= 11 is 0. The molecule has 2 rings (SSSR count). The van der Waals surface area contributed by atoms with E-state index in [2.05, 4.69) is 0 Å². The molecule has 2 atom stereocenters. The molecule has 0 saturated carbocycles. The second kappa shape index (κ2) is 5.60. The number of hydrogen-bond donors (Lipinski definition) is 2. The van der Waals surface area contributed by atoms with Gasteiger partial charge in [0, 0.05) is 12.1 Å². The molecular formula is C14H13NO4. The molecule has 0 spiro atoms. The van der Waals surface area contributed by atoms with Crippen LogP contribution in [0.4, 0.5) is 5.69 Å². The summed E-state index contributed by atoms with van der Waals surface area (Å²) in [5.41, 5.74) is 0.973. The molecule has 0 heterocycles. The average Bonchev–Trinajstić information content (AvgIpc) is 2.46. The Labute approximate surface area is 109 Å². The minimum atomic E-state index is -1.12. The Hall–Kier alpha value is -2.24. The zero-order valence-electron chi connectivity index (χ0n) is 10.0. The normalized spacial score (nSPS) is 13.8. The summed E-state index contributed by atoms with van der Waals surface area (Å²) in [7, 11) is 0. The largest absolute Gasteiger partial charge is 0.385 e. The van der Waals surface area contributed by atoms with Crippen molar-refractivity contribution in [1.29, 1.82) is 0 Å². The van der Waals surface area contributed by atoms with Crippen molar-refractivity contribution in [1.82, 2.24) is 0 Å². The first-order valence-corrected chi connectivity index (χ1v) is 5.75. The highest BCUT2D eigenvalue weighted by atomic mass is 16.6. The van der Waals surface area contributed by atoms with Crippen LogP contribution in [0.1, 0.15) is 23.3 Å². The van der Waals surface area contributed by atoms with Crippen molar-refractivity contribution in [2.45, 2.75) is 12.2 Å². The van der Waals surface area contributed by atoms with Gasteiger partial charge >= 0.3 is 0 Å². The summed E-state index contributed by atoms with van der Waals surface area (Å²) in [5, 5.41) is 30.6. The number of benzene rings is 2. The van der Waals surface area contributed by atoms with Crippen molar-refractivity contribution in [3.05, 3.63) is 75.8 Å². The van der Waals surface area contributed by atoms with Gasteiger partial charge in [-0.3, -0.25) is 10.1 Å². The number of aliphatic hydroxyl groups is 2. The fraction of sp³-hybridized carbons (Fsp3) is 0.143. The van der Waals surface area contributed by atoms with E-state index in [1.165, 1.54) is 24.3 Å². The van der Waals surface area contributed by atoms with Gasteiger partial charge in [0.1, 0.15) is 12.2 Å². The van der Waals surface area contributed by atoms with Crippen molar-refractivity contribution in [2.75, 3.05) is 0 Å². The van der Waals surface area contributed by atoms with Gasteiger partial charge in [0.2, 0.25) is 0 Å². The third-order valence-corrected chi connectivity index (χ3v) is 2.89. The van der Waals surface area contributed by atoms with Crippen molar-refractivity contribution in [2.24, 2.45) is 0 Å². The lowest BCUT2D eigenvalue weighted by Gasteiger charge is -2.18. The second-order valence-electron chi connectivity index (χ2n) is 4.15. The molecule has 0 unspecified atom stereocenters. The monoisotopic (exact) mass is 259 g/mol. The Balaban J connectivity index is 2.19. The first-order chi connectivity index (χ1) is 9.09. The molecule has 0 aromatic heterocycles. The zero-order valence-corrected chi connectivity index (χ0v) is 10.0. The standard InChI is InChI=1S/C14H13NO4/c16-13(10-4-2-1-3-5-10)14(17)11-6-8-12(9-7-11)15(18)19/h1-9,13-14,16-17H/t13-,14-/m1/s1. The molecule has 0 aliphatic heterocycles. The molecule has 0 aliphatic carbocycles. The van der Waals surface area contributed by atoms with Crippen molar-refractivity contribution < 1.29 is 15.1 Å². The van der Waals surface area contributed by atoms with Gasteiger partial charge in [-0.25, -0.2) is 0 Å². The quantitative estimate of drug-likeness (QED) is 0.652. The van der Waals surface area contributed by atoms with Crippen molar-refractivity contribution in [3.8, 4) is 0 Å². The molecule has 0 saturated heterocycles. The third-order valence-electron chi connectivity index (χ3n) is 2.89. The summed E-state index contributed by atoms with van der Waals surface area (Å²) in [5.74, 6) is 0. The molecule has 2 N–H and O–H groups in total. The van der Waals surface area contributed by atoms with Crippen LogP contribution in [0.2, 0.25) is 0 Å². The summed E-state index contributed by atoms with van der Waals surface area (Å²) in [6.45, 7) is 0. The molecule has 0 aliphatic rings. The van der Waals surface area contributed by atoms with Gasteiger partial charge in [-0.05, 0) is 23.3 Å². The number of nitro benzene ring substituents is 1. The van der Waals surface area contributed by atoms with E-state index in [0.29, 0.717) is 11.1 Å². The van der Waals surface area contributed by atoms with Crippen LogP contribution in [0.25, 0.3) is 0 Å². The topological polar surface area (TPSA) is 83.6 Å². The number of rotatable bonds is 4. The molecule has 5 heteroatoms. The van der Waals surface area contributed by atoms with E-state index in [9.17, 15) is 20.3 Å². The molecule has 2 aromatic carbocycles. The molecule has 19 heavy (non-hydrogen) atoms. The van der Waals surface area contributed by atoms with Gasteiger partial charge in [0.05, 0.1) is 4.92 Å². The van der Waals surface area contributed by atoms with Gasteiger partial charge in [0.15, 0.2) is 0 Å². The Bertz CT molecular complexity index is 553. The summed E-state index contributed by atoms with van der Waals surface area (Å²) in [6, 6.07) is 14.2. The molecule has 0 fully saturated rings. The molecule has 0 radical (unpaired) electrons. The minimum Gasteiger partial charge on any atom is -0.385 e. The van der Waals surface area contributed by atoms with E-state index in [4.69, 9.17) is 0 Å². The van der Waals surface area contributed by atoms with E-state index in [1.807, 2.05) is 6.07 Å². The van der Waals surface area contributed by atoms with E-state index in [-0.39, 0.29) is 5.69 Å². The summed E-state index contributed by atoms with van der Waals surface area (Å²) in [4.78, 5) is 10.0. The molecule has 5 nitrogen and oxygen atoms in total. The average molecular weight is 259 g/mol. The Kier molecular flexibility index (Phi) is 3.89. The summed E-state index contributed by atoms with van der Waals surface area (Å²) < 4.78 is 0. The maximum Gasteiger partial charge on any atom is 0.269 e. The first-order valence-electron chi connectivity index (χ1n) is 5.75.